The molecule has 1 aromatic heterocycles. The molecule has 0 unspecified atom stereocenters. The van der Waals surface area contributed by atoms with Crippen LogP contribution < -0.4 is 0 Å². The van der Waals surface area contributed by atoms with Crippen LogP contribution in [-0.4, -0.2) is 55.5 Å². The van der Waals surface area contributed by atoms with E-state index in [1.54, 1.807) is 11.2 Å². The first-order valence-corrected chi connectivity index (χ1v) is 12.3. The maximum atomic E-state index is 12.2. The second-order valence-corrected chi connectivity index (χ2v) is 10.8. The van der Waals surface area contributed by atoms with Crippen molar-refractivity contribution in [2.24, 2.45) is 0 Å². The third-order valence-electron chi connectivity index (χ3n) is 6.15. The van der Waals surface area contributed by atoms with Crippen LogP contribution in [-0.2, 0) is 16.6 Å². The van der Waals surface area contributed by atoms with Gasteiger partial charge in [-0.2, -0.15) is 0 Å². The van der Waals surface area contributed by atoms with Crippen LogP contribution in [0.4, 0.5) is 0 Å². The lowest BCUT2D eigenvalue weighted by Crippen LogP contribution is -2.38. The van der Waals surface area contributed by atoms with E-state index in [-0.39, 0.29) is 5.75 Å². The lowest BCUT2D eigenvalue weighted by molar-refractivity contribution is 0.321. The summed E-state index contributed by atoms with van der Waals surface area (Å²) in [7, 11) is 1.07. The molecule has 0 saturated carbocycles. The SMILES string of the molecule is CCS(=O)(=O)N1CCC(c2c[nH]c3ccc(-c4ccc(CN(C)C)cc4)cc23)CC1. The molecule has 1 fully saturated rings. The summed E-state index contributed by atoms with van der Waals surface area (Å²) >= 11 is 0. The monoisotopic (exact) mass is 425 g/mol. The van der Waals surface area contributed by atoms with Crippen LogP contribution in [0.15, 0.2) is 48.7 Å². The molecule has 1 aliphatic rings. The Labute approximate surface area is 179 Å². The zero-order valence-electron chi connectivity index (χ0n) is 18.1. The lowest BCUT2D eigenvalue weighted by Gasteiger charge is -2.30. The summed E-state index contributed by atoms with van der Waals surface area (Å²) in [5, 5.41) is 1.25. The average molecular weight is 426 g/mol. The fourth-order valence-corrected chi connectivity index (χ4v) is 5.59. The molecule has 0 amide bonds. The number of nitrogens with one attached hydrogen (secondary N) is 1. The van der Waals surface area contributed by atoms with Crippen molar-refractivity contribution in [2.45, 2.75) is 32.2 Å². The number of aromatic nitrogens is 1. The fourth-order valence-electron chi connectivity index (χ4n) is 4.45. The minimum absolute atomic E-state index is 0.182. The second kappa shape index (κ2) is 8.53. The van der Waals surface area contributed by atoms with Gasteiger partial charge in [0.15, 0.2) is 0 Å². The average Bonchev–Trinajstić information content (AvgIpc) is 3.17. The Morgan fingerprint density at radius 1 is 1.03 bits per heavy atom. The Bertz CT molecular complexity index is 1110. The Balaban J connectivity index is 1.57. The standard InChI is InChI=1S/C24H31N3O2S/c1-4-30(28,29)27-13-11-20(12-14-27)23-16-25-24-10-9-21(15-22(23)24)19-7-5-18(6-8-19)17-26(2)3/h5-10,15-16,20,25H,4,11-14,17H2,1-3H3. The quantitative estimate of drug-likeness (QED) is 0.636. The Morgan fingerprint density at radius 3 is 2.33 bits per heavy atom. The van der Waals surface area contributed by atoms with Gasteiger partial charge in [0.1, 0.15) is 0 Å². The molecule has 30 heavy (non-hydrogen) atoms. The predicted molar refractivity (Wildman–Crippen MR) is 124 cm³/mol. The fraction of sp³-hybridized carbons (Fsp3) is 0.417. The van der Waals surface area contributed by atoms with E-state index in [2.05, 4.69) is 72.6 Å². The normalized spacial score (nSPS) is 16.5. The van der Waals surface area contributed by atoms with Gasteiger partial charge in [0.05, 0.1) is 5.75 Å². The molecule has 1 aliphatic heterocycles. The topological polar surface area (TPSA) is 56.4 Å². The van der Waals surface area contributed by atoms with E-state index in [0.29, 0.717) is 19.0 Å². The van der Waals surface area contributed by atoms with Gasteiger partial charge >= 0.3 is 0 Å². The van der Waals surface area contributed by atoms with Crippen molar-refractivity contribution in [2.75, 3.05) is 32.9 Å². The number of aromatic amines is 1. The van der Waals surface area contributed by atoms with Gasteiger partial charge in [-0.1, -0.05) is 30.3 Å². The highest BCUT2D eigenvalue weighted by atomic mass is 32.2. The number of benzene rings is 2. The largest absolute Gasteiger partial charge is 0.361 e. The molecule has 0 radical (unpaired) electrons. The summed E-state index contributed by atoms with van der Waals surface area (Å²) in [4.78, 5) is 5.58. The van der Waals surface area contributed by atoms with Crippen molar-refractivity contribution >= 4 is 20.9 Å². The number of nitrogens with zero attached hydrogens (tertiary/aromatic N) is 2. The van der Waals surface area contributed by atoms with Crippen LogP contribution in [0.3, 0.4) is 0 Å². The van der Waals surface area contributed by atoms with E-state index in [1.165, 1.54) is 27.6 Å². The number of hydrogen-bond donors (Lipinski definition) is 1. The van der Waals surface area contributed by atoms with Crippen molar-refractivity contribution in [3.8, 4) is 11.1 Å². The Hall–Kier alpha value is -2.15. The molecule has 4 rings (SSSR count). The Kier molecular flexibility index (Phi) is 6.00. The van der Waals surface area contributed by atoms with Crippen molar-refractivity contribution in [1.82, 2.24) is 14.2 Å². The molecular formula is C24H31N3O2S. The summed E-state index contributed by atoms with van der Waals surface area (Å²) in [5.41, 5.74) is 6.19. The van der Waals surface area contributed by atoms with Crippen molar-refractivity contribution in [3.63, 3.8) is 0 Å². The van der Waals surface area contributed by atoms with Gasteiger partial charge in [0.2, 0.25) is 10.0 Å². The van der Waals surface area contributed by atoms with Gasteiger partial charge in [-0.25, -0.2) is 12.7 Å². The third-order valence-corrected chi connectivity index (χ3v) is 8.03. The van der Waals surface area contributed by atoms with Gasteiger partial charge in [-0.3, -0.25) is 0 Å². The van der Waals surface area contributed by atoms with Crippen LogP contribution in [0.2, 0.25) is 0 Å². The first kappa shape index (κ1) is 21.1. The summed E-state index contributed by atoms with van der Waals surface area (Å²) in [6.45, 7) is 3.88. The molecule has 3 aromatic rings. The number of piperidine rings is 1. The summed E-state index contributed by atoms with van der Waals surface area (Å²) < 4.78 is 26.0. The molecule has 1 saturated heterocycles. The Morgan fingerprint density at radius 2 is 1.70 bits per heavy atom. The molecule has 160 valence electrons. The van der Waals surface area contributed by atoms with Crippen molar-refractivity contribution in [1.29, 1.82) is 0 Å². The minimum Gasteiger partial charge on any atom is -0.361 e. The first-order valence-electron chi connectivity index (χ1n) is 10.7. The van der Waals surface area contributed by atoms with Crippen LogP contribution in [0.1, 0.15) is 36.8 Å². The molecule has 2 aromatic carbocycles. The highest BCUT2D eigenvalue weighted by molar-refractivity contribution is 7.89. The molecule has 2 heterocycles. The van der Waals surface area contributed by atoms with Crippen LogP contribution in [0, 0.1) is 0 Å². The number of sulfonamides is 1. The van der Waals surface area contributed by atoms with E-state index in [0.717, 1.165) is 24.9 Å². The molecule has 0 atom stereocenters. The van der Waals surface area contributed by atoms with Gasteiger partial charge < -0.3 is 9.88 Å². The van der Waals surface area contributed by atoms with Crippen LogP contribution in [0.5, 0.6) is 0 Å². The molecular weight excluding hydrogens is 394 g/mol. The van der Waals surface area contributed by atoms with Crippen LogP contribution in [0.25, 0.3) is 22.0 Å². The molecule has 1 N–H and O–H groups in total. The zero-order chi connectivity index (χ0) is 21.3. The van der Waals surface area contributed by atoms with E-state index in [9.17, 15) is 8.42 Å². The predicted octanol–water partition coefficient (Wildman–Crippen LogP) is 4.43. The smallest absolute Gasteiger partial charge is 0.213 e. The van der Waals surface area contributed by atoms with E-state index in [4.69, 9.17) is 0 Å². The molecule has 0 bridgehead atoms. The zero-order valence-corrected chi connectivity index (χ0v) is 18.9. The van der Waals surface area contributed by atoms with Gasteiger partial charge in [-0.05, 0) is 74.2 Å². The van der Waals surface area contributed by atoms with E-state index < -0.39 is 10.0 Å². The maximum Gasteiger partial charge on any atom is 0.213 e. The molecule has 0 spiro atoms. The van der Waals surface area contributed by atoms with E-state index in [1.807, 2.05) is 0 Å². The van der Waals surface area contributed by atoms with Crippen LogP contribution >= 0.6 is 0 Å². The highest BCUT2D eigenvalue weighted by Crippen LogP contribution is 2.35. The first-order chi connectivity index (χ1) is 14.4. The molecule has 6 heteroatoms. The summed E-state index contributed by atoms with van der Waals surface area (Å²) in [6.07, 6.45) is 3.86. The lowest BCUT2D eigenvalue weighted by atomic mass is 9.89. The molecule has 0 aliphatic carbocycles. The number of H-pyrrole nitrogens is 1. The number of rotatable bonds is 6. The van der Waals surface area contributed by atoms with E-state index >= 15 is 0 Å². The molecule has 5 nitrogen and oxygen atoms in total. The highest BCUT2D eigenvalue weighted by Gasteiger charge is 2.28. The number of hydrogen-bond acceptors (Lipinski definition) is 3. The third kappa shape index (κ3) is 4.31. The van der Waals surface area contributed by atoms with Gasteiger partial charge in [-0.15, -0.1) is 0 Å². The number of fused-ring (bicyclic) bond motifs is 1. The second-order valence-electron chi connectivity index (χ2n) is 8.51. The summed E-state index contributed by atoms with van der Waals surface area (Å²) in [5.74, 6) is 0.571. The van der Waals surface area contributed by atoms with Crippen molar-refractivity contribution < 1.29 is 8.42 Å². The van der Waals surface area contributed by atoms with Crippen molar-refractivity contribution in [3.05, 3.63) is 59.8 Å². The maximum absolute atomic E-state index is 12.2. The van der Waals surface area contributed by atoms with Gasteiger partial charge in [0.25, 0.3) is 0 Å². The summed E-state index contributed by atoms with van der Waals surface area (Å²) in [6, 6.07) is 15.4. The van der Waals surface area contributed by atoms with Gasteiger partial charge in [0, 0.05) is 36.7 Å². The minimum atomic E-state index is -3.09.